The van der Waals surface area contributed by atoms with Gasteiger partial charge in [-0.25, -0.2) is 16.8 Å². The van der Waals surface area contributed by atoms with Crippen molar-refractivity contribution in [2.75, 3.05) is 0 Å². The molecule has 0 aliphatic heterocycles. The van der Waals surface area contributed by atoms with Crippen LogP contribution < -0.4 is 0 Å². The lowest BCUT2D eigenvalue weighted by molar-refractivity contribution is 0.541. The number of sulfone groups is 2. The molecule has 1 aliphatic carbocycles. The monoisotopic (exact) mass is 402 g/mol. The summed E-state index contributed by atoms with van der Waals surface area (Å²) in [6, 6.07) is 15.7. The summed E-state index contributed by atoms with van der Waals surface area (Å²) in [7, 11) is -8.26. The molecule has 0 amide bonds. The largest absolute Gasteiger partial charge is 0.222 e. The van der Waals surface area contributed by atoms with E-state index in [1.165, 1.54) is 24.3 Å². The van der Waals surface area contributed by atoms with Gasteiger partial charge in [0.05, 0.1) is 9.79 Å². The maximum atomic E-state index is 13.6. The molecule has 142 valence electrons. The Morgan fingerprint density at radius 1 is 0.852 bits per heavy atom. The van der Waals surface area contributed by atoms with Crippen molar-refractivity contribution in [3.63, 3.8) is 0 Å². The predicted molar refractivity (Wildman–Crippen MR) is 107 cm³/mol. The van der Waals surface area contributed by atoms with E-state index in [9.17, 15) is 16.8 Å². The summed E-state index contributed by atoms with van der Waals surface area (Å²) in [6.45, 7) is 1.88. The van der Waals surface area contributed by atoms with Crippen molar-refractivity contribution < 1.29 is 16.8 Å². The highest BCUT2D eigenvalue weighted by molar-refractivity contribution is 8.10. The number of rotatable bonds is 6. The van der Waals surface area contributed by atoms with E-state index in [-0.39, 0.29) is 22.6 Å². The quantitative estimate of drug-likeness (QED) is 0.675. The van der Waals surface area contributed by atoms with E-state index < -0.39 is 23.8 Å². The first-order valence-electron chi connectivity index (χ1n) is 8.73. The maximum absolute atomic E-state index is 13.6. The van der Waals surface area contributed by atoms with Gasteiger partial charge in [-0.05, 0) is 37.6 Å². The lowest BCUT2D eigenvalue weighted by Crippen LogP contribution is -2.44. The van der Waals surface area contributed by atoms with Gasteiger partial charge in [0.2, 0.25) is 0 Å². The Morgan fingerprint density at radius 3 is 1.78 bits per heavy atom. The van der Waals surface area contributed by atoms with Crippen LogP contribution in [0, 0.1) is 0 Å². The van der Waals surface area contributed by atoms with Crippen LogP contribution >= 0.6 is 0 Å². The Bertz CT molecular complexity index is 996. The Hall–Kier alpha value is -2.18. The van der Waals surface area contributed by atoms with Crippen LogP contribution in [0.2, 0.25) is 0 Å². The summed E-state index contributed by atoms with van der Waals surface area (Å²) in [5.41, 5.74) is 0.826. The van der Waals surface area contributed by atoms with Crippen LogP contribution in [0.25, 0.3) is 0 Å². The van der Waals surface area contributed by atoms with Crippen LogP contribution in [0.4, 0.5) is 0 Å². The predicted octanol–water partition coefficient (Wildman–Crippen LogP) is 4.32. The maximum Gasteiger partial charge on any atom is 0.199 e. The van der Waals surface area contributed by atoms with E-state index in [1.54, 1.807) is 42.5 Å². The molecule has 0 bridgehead atoms. The average molecular weight is 403 g/mol. The van der Waals surface area contributed by atoms with Gasteiger partial charge in [0.1, 0.15) is 0 Å². The van der Waals surface area contributed by atoms with E-state index in [0.29, 0.717) is 6.42 Å². The molecule has 0 spiro atoms. The van der Waals surface area contributed by atoms with Crippen LogP contribution in [0.5, 0.6) is 0 Å². The number of allylic oxidation sites excluding steroid dienone is 4. The smallest absolute Gasteiger partial charge is 0.199 e. The molecule has 1 aliphatic rings. The fourth-order valence-electron chi connectivity index (χ4n) is 3.40. The van der Waals surface area contributed by atoms with Gasteiger partial charge >= 0.3 is 0 Å². The zero-order chi connectivity index (χ0) is 19.5. The third-order valence-electron chi connectivity index (χ3n) is 4.90. The summed E-state index contributed by atoms with van der Waals surface area (Å²) in [4.78, 5) is 0.0652. The molecule has 0 radical (unpaired) electrons. The Kier molecular flexibility index (Phi) is 5.40. The molecule has 2 aromatic rings. The van der Waals surface area contributed by atoms with E-state index in [0.717, 1.165) is 5.57 Å². The first kappa shape index (κ1) is 19.6. The van der Waals surface area contributed by atoms with Crippen LogP contribution in [0.1, 0.15) is 26.2 Å². The molecule has 0 saturated carbocycles. The standard InChI is InChI=1S/C21H22O4S2/c1-2-3-10-18-15-16-21(17-18,26(22,23)19-11-6-4-7-12-19)27(24,25)20-13-8-5-9-14-20/h2-9,11-15H,10,16-17H2,1H3/b3-2+. The van der Waals surface area contributed by atoms with E-state index in [2.05, 4.69) is 0 Å². The van der Waals surface area contributed by atoms with Crippen molar-refractivity contribution in [3.05, 3.63) is 84.5 Å². The molecule has 6 heteroatoms. The highest BCUT2D eigenvalue weighted by Gasteiger charge is 2.57. The third kappa shape index (κ3) is 3.28. The van der Waals surface area contributed by atoms with Gasteiger partial charge in [0, 0.05) is 12.8 Å². The first-order chi connectivity index (χ1) is 12.8. The van der Waals surface area contributed by atoms with Crippen molar-refractivity contribution in [2.24, 2.45) is 0 Å². The van der Waals surface area contributed by atoms with Gasteiger partial charge in [0.15, 0.2) is 23.8 Å². The third-order valence-corrected chi connectivity index (χ3v) is 10.6. The van der Waals surface area contributed by atoms with Crippen LogP contribution in [0.3, 0.4) is 0 Å². The second kappa shape index (κ2) is 7.44. The number of benzene rings is 2. The van der Waals surface area contributed by atoms with Gasteiger partial charge in [-0.2, -0.15) is 0 Å². The molecule has 0 heterocycles. The molecule has 0 saturated heterocycles. The summed E-state index contributed by atoms with van der Waals surface area (Å²) in [5, 5.41) is 0. The van der Waals surface area contributed by atoms with Gasteiger partial charge in [0.25, 0.3) is 0 Å². The summed E-state index contributed by atoms with van der Waals surface area (Å²) < 4.78 is 52.3. The van der Waals surface area contributed by atoms with Crippen LogP contribution in [0.15, 0.2) is 94.3 Å². The van der Waals surface area contributed by atoms with Crippen molar-refractivity contribution in [1.29, 1.82) is 0 Å². The summed E-state index contributed by atoms with van der Waals surface area (Å²) >= 11 is 0. The lowest BCUT2D eigenvalue weighted by atomic mass is 10.1. The summed E-state index contributed by atoms with van der Waals surface area (Å²) in [6.07, 6.45) is 6.03. The zero-order valence-corrected chi connectivity index (χ0v) is 16.7. The lowest BCUT2D eigenvalue weighted by Gasteiger charge is -2.29. The van der Waals surface area contributed by atoms with Gasteiger partial charge in [-0.3, -0.25) is 0 Å². The molecule has 0 aromatic heterocycles. The number of hydrogen-bond acceptors (Lipinski definition) is 4. The molecule has 3 rings (SSSR count). The van der Waals surface area contributed by atoms with E-state index in [1.807, 2.05) is 19.1 Å². The molecule has 0 unspecified atom stereocenters. The van der Waals surface area contributed by atoms with Gasteiger partial charge in [-0.15, -0.1) is 0 Å². The van der Waals surface area contributed by atoms with Crippen LogP contribution in [-0.4, -0.2) is 20.9 Å². The Morgan fingerprint density at radius 2 is 1.33 bits per heavy atom. The molecule has 4 nitrogen and oxygen atoms in total. The fraction of sp³-hybridized carbons (Fsp3) is 0.238. The molecule has 0 fully saturated rings. The van der Waals surface area contributed by atoms with Crippen molar-refractivity contribution >= 4 is 19.7 Å². The van der Waals surface area contributed by atoms with Gasteiger partial charge in [-0.1, -0.05) is 60.2 Å². The first-order valence-corrected chi connectivity index (χ1v) is 11.7. The molecule has 2 aromatic carbocycles. The topological polar surface area (TPSA) is 68.3 Å². The Balaban J connectivity index is 2.18. The van der Waals surface area contributed by atoms with E-state index >= 15 is 0 Å². The highest BCUT2D eigenvalue weighted by Crippen LogP contribution is 2.47. The van der Waals surface area contributed by atoms with Crippen molar-refractivity contribution in [3.8, 4) is 0 Å². The zero-order valence-electron chi connectivity index (χ0n) is 15.1. The molecular formula is C21H22O4S2. The molecule has 27 heavy (non-hydrogen) atoms. The van der Waals surface area contributed by atoms with E-state index in [4.69, 9.17) is 0 Å². The van der Waals surface area contributed by atoms with Crippen molar-refractivity contribution in [1.82, 2.24) is 0 Å². The second-order valence-electron chi connectivity index (χ2n) is 6.56. The minimum Gasteiger partial charge on any atom is -0.222 e. The SMILES string of the molecule is C/C=C/CC1=CCC(S(=O)(=O)c2ccccc2)(S(=O)(=O)c2ccccc2)C1. The minimum atomic E-state index is -4.13. The fourth-order valence-corrected chi connectivity index (χ4v) is 8.38. The second-order valence-corrected chi connectivity index (χ2v) is 11.3. The van der Waals surface area contributed by atoms with Gasteiger partial charge < -0.3 is 0 Å². The highest BCUT2D eigenvalue weighted by atomic mass is 32.3. The normalized spacial score (nSPS) is 17.1. The summed E-state index contributed by atoms with van der Waals surface area (Å²) in [5.74, 6) is 0. The Labute approximate surface area is 161 Å². The molecule has 0 N–H and O–H groups in total. The molecule has 0 atom stereocenters. The minimum absolute atomic E-state index is 0.0220. The van der Waals surface area contributed by atoms with Crippen molar-refractivity contribution in [2.45, 2.75) is 40.1 Å². The molecular weight excluding hydrogens is 380 g/mol. The average Bonchev–Trinajstić information content (AvgIpc) is 3.14. The number of hydrogen-bond donors (Lipinski definition) is 0. The van der Waals surface area contributed by atoms with Crippen LogP contribution in [-0.2, 0) is 19.7 Å².